The number of imidazole rings is 1. The van der Waals surface area contributed by atoms with Crippen molar-refractivity contribution < 1.29 is 32.3 Å². The zero-order valence-corrected chi connectivity index (χ0v) is 35.4. The van der Waals surface area contributed by atoms with Crippen molar-refractivity contribution in [1.82, 2.24) is 39.1 Å². The molecular weight excluding hydrogens is 803 g/mol. The summed E-state index contributed by atoms with van der Waals surface area (Å²) in [6, 6.07) is 9.01. The van der Waals surface area contributed by atoms with Crippen LogP contribution in [0.5, 0.6) is 0 Å². The summed E-state index contributed by atoms with van der Waals surface area (Å²) in [7, 11) is 5.70. The molecule has 0 spiro atoms. The zero-order chi connectivity index (χ0) is 43.5. The predicted octanol–water partition coefficient (Wildman–Crippen LogP) is 5.98. The number of benzene rings is 1. The number of hydrogen-bond acceptors (Lipinski definition) is 11. The van der Waals surface area contributed by atoms with Crippen LogP contribution in [0.25, 0.3) is 22.5 Å². The highest BCUT2D eigenvalue weighted by Gasteiger charge is 2.38. The van der Waals surface area contributed by atoms with E-state index in [1.165, 1.54) is 17.0 Å². The second-order valence-electron chi connectivity index (χ2n) is 17.0. The lowest BCUT2D eigenvalue weighted by Gasteiger charge is -2.40. The lowest BCUT2D eigenvalue weighted by molar-refractivity contribution is -0.135. The number of carbonyl (C=O) groups is 3. The van der Waals surface area contributed by atoms with Gasteiger partial charge in [-0.2, -0.15) is 5.10 Å². The number of halogens is 2. The van der Waals surface area contributed by atoms with E-state index in [1.807, 2.05) is 38.4 Å². The monoisotopic (exact) mass is 856 g/mol. The molecule has 1 aliphatic heterocycles. The van der Waals surface area contributed by atoms with Crippen LogP contribution in [-0.4, -0.2) is 97.9 Å². The molecule has 0 bridgehead atoms. The molecular formula is C44H54F2N10O6. The van der Waals surface area contributed by atoms with Crippen LogP contribution in [0.3, 0.4) is 0 Å². The number of hydrogen-bond donors (Lipinski definition) is 2. The van der Waals surface area contributed by atoms with E-state index in [0.717, 1.165) is 74.7 Å². The number of oxazole rings is 1. The molecule has 2 aliphatic carbocycles. The molecule has 1 saturated heterocycles. The number of fused-ring (bicyclic) bond motifs is 1. The Morgan fingerprint density at radius 1 is 1.08 bits per heavy atom. The van der Waals surface area contributed by atoms with Crippen LogP contribution in [-0.2, 0) is 33.3 Å². The van der Waals surface area contributed by atoms with E-state index < -0.39 is 35.5 Å². The molecule has 1 atom stereocenters. The minimum Gasteiger partial charge on any atom is -0.444 e. The third-order valence-electron chi connectivity index (χ3n) is 12.5. The van der Waals surface area contributed by atoms with E-state index in [2.05, 4.69) is 35.5 Å². The number of aromatic nitrogens is 6. The number of rotatable bonds is 18. The molecule has 5 aromatic rings. The second kappa shape index (κ2) is 18.3. The SMILES string of the molecule is CN(CCCOCCCc1cccc2c1n(C)c(=O)n2C1CCC(=O)NC1=O)CC1(n2cc(NC(=O)c3coc(-c4ccnc(N(C)C5CC5)c4)n3)c(C(F)F)n2)CCCCC1. The topological polar surface area (TPSA) is 175 Å². The molecule has 8 rings (SSSR count). The van der Waals surface area contributed by atoms with Gasteiger partial charge in [-0.05, 0) is 82.2 Å². The Morgan fingerprint density at radius 3 is 2.63 bits per heavy atom. The highest BCUT2D eigenvalue weighted by Crippen LogP contribution is 2.38. The molecule has 2 N–H and O–H groups in total. The van der Waals surface area contributed by atoms with E-state index in [4.69, 9.17) is 9.15 Å². The van der Waals surface area contributed by atoms with E-state index in [-0.39, 0.29) is 41.7 Å². The summed E-state index contributed by atoms with van der Waals surface area (Å²) in [6.45, 7) is 2.35. The van der Waals surface area contributed by atoms with Crippen LogP contribution < -0.4 is 21.2 Å². The van der Waals surface area contributed by atoms with Crippen molar-refractivity contribution in [3.05, 3.63) is 76.4 Å². The number of carbonyl (C=O) groups excluding carboxylic acids is 3. The molecule has 3 aliphatic rings. The Hall–Kier alpha value is -5.75. The van der Waals surface area contributed by atoms with Crippen LogP contribution in [0.2, 0.25) is 0 Å². The van der Waals surface area contributed by atoms with Gasteiger partial charge >= 0.3 is 5.69 Å². The molecule has 2 saturated carbocycles. The first-order valence-electron chi connectivity index (χ1n) is 21.6. The Labute approximate surface area is 357 Å². The first-order chi connectivity index (χ1) is 29.9. The number of nitrogens with zero attached hydrogens (tertiary/aromatic N) is 8. The lowest BCUT2D eigenvalue weighted by Crippen LogP contribution is -2.46. The largest absolute Gasteiger partial charge is 0.444 e. The Balaban J connectivity index is 0.850. The maximum atomic E-state index is 14.5. The number of alkyl halides is 2. The van der Waals surface area contributed by atoms with Crippen molar-refractivity contribution in [2.45, 2.75) is 101 Å². The minimum atomic E-state index is -2.91. The summed E-state index contributed by atoms with van der Waals surface area (Å²) in [6.07, 6.45) is 10.8. The van der Waals surface area contributed by atoms with Gasteiger partial charge in [-0.3, -0.25) is 33.5 Å². The summed E-state index contributed by atoms with van der Waals surface area (Å²) in [5, 5.41) is 9.41. The third kappa shape index (κ3) is 9.07. The summed E-state index contributed by atoms with van der Waals surface area (Å²) in [5.74, 6) is -0.462. The van der Waals surface area contributed by atoms with Gasteiger partial charge in [0.15, 0.2) is 11.4 Å². The lowest BCUT2D eigenvalue weighted by atomic mass is 9.81. The summed E-state index contributed by atoms with van der Waals surface area (Å²) in [5.41, 5.74) is 1.64. The third-order valence-corrected chi connectivity index (χ3v) is 12.5. The number of likely N-dealkylation sites (N-methyl/N-ethyl adjacent to an activating group) is 1. The van der Waals surface area contributed by atoms with Crippen molar-refractivity contribution >= 4 is 40.3 Å². The van der Waals surface area contributed by atoms with Gasteiger partial charge in [0.25, 0.3) is 12.3 Å². The van der Waals surface area contributed by atoms with E-state index in [0.29, 0.717) is 49.8 Å². The molecule has 4 aromatic heterocycles. The number of amides is 3. The summed E-state index contributed by atoms with van der Waals surface area (Å²) < 4.78 is 45.4. The number of nitrogens with one attached hydrogen (secondary N) is 2. The van der Waals surface area contributed by atoms with Crippen molar-refractivity contribution in [3.63, 3.8) is 0 Å². The maximum Gasteiger partial charge on any atom is 0.329 e. The van der Waals surface area contributed by atoms with Gasteiger partial charge in [-0.25, -0.2) is 23.5 Å². The zero-order valence-electron chi connectivity index (χ0n) is 35.4. The number of anilines is 2. The van der Waals surface area contributed by atoms with Gasteiger partial charge in [0, 0.05) is 70.8 Å². The number of aryl methyl sites for hydroxylation is 2. The molecule has 18 heteroatoms. The van der Waals surface area contributed by atoms with Crippen LogP contribution in [0.1, 0.15) is 105 Å². The molecule has 62 heavy (non-hydrogen) atoms. The number of para-hydroxylation sites is 1. The standard InChI is InChI=1S/C44H54F2N10O6/c1-52(21-9-23-61-22-8-11-28-10-7-12-33-38(28)54(3)43(60)56(33)34-15-16-36(57)50-41(34)59)27-44(18-5-4-6-19-44)55-25-31(37(51-55)39(45)46)48-40(58)32-26-62-42(49-32)29-17-20-47-35(24-29)53(2)30-13-14-30/h7,10,12,17,20,24-26,30,34,39H,4-6,8-9,11,13-16,18-19,21-23,27H2,1-3H3,(H,48,58)(H,50,57,59). The summed E-state index contributed by atoms with van der Waals surface area (Å²) >= 11 is 0. The van der Waals surface area contributed by atoms with Crippen LogP contribution in [0.4, 0.5) is 20.3 Å². The molecule has 330 valence electrons. The quantitative estimate of drug-likeness (QED) is 0.0784. The van der Waals surface area contributed by atoms with Crippen molar-refractivity contribution in [3.8, 4) is 11.5 Å². The van der Waals surface area contributed by atoms with Gasteiger partial charge in [0.1, 0.15) is 18.1 Å². The fourth-order valence-electron chi connectivity index (χ4n) is 9.08. The highest BCUT2D eigenvalue weighted by atomic mass is 19.3. The average molecular weight is 857 g/mol. The Kier molecular flexibility index (Phi) is 12.7. The molecule has 16 nitrogen and oxygen atoms in total. The van der Waals surface area contributed by atoms with Crippen molar-refractivity contribution in [2.75, 3.05) is 50.6 Å². The molecule has 3 fully saturated rings. The molecule has 1 unspecified atom stereocenters. The van der Waals surface area contributed by atoms with E-state index >= 15 is 0 Å². The van der Waals surface area contributed by atoms with Gasteiger partial charge in [-0.1, -0.05) is 31.4 Å². The normalized spacial score (nSPS) is 17.9. The minimum absolute atomic E-state index is 0.0396. The van der Waals surface area contributed by atoms with Gasteiger partial charge in [0.05, 0.1) is 22.3 Å². The van der Waals surface area contributed by atoms with Crippen molar-refractivity contribution in [1.29, 1.82) is 0 Å². The number of imide groups is 1. The van der Waals surface area contributed by atoms with Crippen LogP contribution in [0.15, 0.2) is 58.2 Å². The Bertz CT molecular complexity index is 2480. The van der Waals surface area contributed by atoms with Crippen LogP contribution in [0, 0.1) is 0 Å². The number of piperidine rings is 1. The molecule has 3 amide bonds. The van der Waals surface area contributed by atoms with Gasteiger partial charge < -0.3 is 24.3 Å². The van der Waals surface area contributed by atoms with E-state index in [1.54, 1.807) is 28.6 Å². The average Bonchev–Trinajstić information content (AvgIpc) is 3.72. The first-order valence-corrected chi connectivity index (χ1v) is 21.6. The maximum absolute atomic E-state index is 14.5. The summed E-state index contributed by atoms with van der Waals surface area (Å²) in [4.78, 5) is 64.1. The predicted molar refractivity (Wildman–Crippen MR) is 227 cm³/mol. The highest BCUT2D eigenvalue weighted by molar-refractivity contribution is 6.03. The number of ether oxygens (including phenoxy) is 1. The fraction of sp³-hybridized carbons (Fsp3) is 0.523. The smallest absolute Gasteiger partial charge is 0.329 e. The number of pyridine rings is 1. The molecule has 5 heterocycles. The van der Waals surface area contributed by atoms with Crippen molar-refractivity contribution in [2.24, 2.45) is 7.05 Å². The Morgan fingerprint density at radius 2 is 1.87 bits per heavy atom. The van der Waals surface area contributed by atoms with Gasteiger partial charge in [-0.15, -0.1) is 0 Å². The fourth-order valence-corrected chi connectivity index (χ4v) is 9.08. The van der Waals surface area contributed by atoms with Gasteiger partial charge in [0.2, 0.25) is 17.7 Å². The first kappa shape index (κ1) is 42.9. The molecule has 1 aromatic carbocycles. The van der Waals surface area contributed by atoms with E-state index in [9.17, 15) is 28.0 Å². The second-order valence-corrected chi connectivity index (χ2v) is 17.0. The molecule has 0 radical (unpaired) electrons. The van der Waals surface area contributed by atoms with Crippen LogP contribution >= 0.6 is 0 Å².